The van der Waals surface area contributed by atoms with Crippen molar-refractivity contribution in [2.75, 3.05) is 17.7 Å². The highest BCUT2D eigenvalue weighted by Crippen LogP contribution is 2.16. The summed E-state index contributed by atoms with van der Waals surface area (Å²) in [4.78, 5) is 12.2. The first kappa shape index (κ1) is 16.4. The highest BCUT2D eigenvalue weighted by molar-refractivity contribution is 6.03. The minimum atomic E-state index is -0.312. The minimum absolute atomic E-state index is 0.295. The standard InChI is InChI=1S/C18H15FN4O2/c1-25-15-8-2-12(3-9-15)18(24)21-17-11-10-16(22-23-17)20-14-6-4-13(19)5-7-14/h2-11H,1H3,(H,20,22)(H,21,23,24). The molecule has 2 N–H and O–H groups in total. The molecule has 7 heteroatoms. The van der Waals surface area contributed by atoms with Crippen LogP contribution in [-0.2, 0) is 0 Å². The third kappa shape index (κ3) is 4.29. The van der Waals surface area contributed by atoms with Crippen LogP contribution in [0, 0.1) is 5.82 Å². The predicted octanol–water partition coefficient (Wildman–Crippen LogP) is 3.62. The van der Waals surface area contributed by atoms with E-state index in [4.69, 9.17) is 4.74 Å². The molecule has 0 fully saturated rings. The fourth-order valence-corrected chi connectivity index (χ4v) is 2.08. The molecule has 2 aromatic carbocycles. The predicted molar refractivity (Wildman–Crippen MR) is 92.7 cm³/mol. The topological polar surface area (TPSA) is 76.1 Å². The molecule has 0 aliphatic heterocycles. The van der Waals surface area contributed by atoms with Crippen molar-refractivity contribution in [3.63, 3.8) is 0 Å². The van der Waals surface area contributed by atoms with E-state index in [-0.39, 0.29) is 11.7 Å². The molecule has 1 aromatic heterocycles. The van der Waals surface area contributed by atoms with Gasteiger partial charge in [0.25, 0.3) is 5.91 Å². The van der Waals surface area contributed by atoms with Crippen molar-refractivity contribution in [3.05, 3.63) is 72.0 Å². The summed E-state index contributed by atoms with van der Waals surface area (Å²) < 4.78 is 17.9. The zero-order valence-electron chi connectivity index (χ0n) is 13.4. The molecule has 0 unspecified atom stereocenters. The molecular weight excluding hydrogens is 323 g/mol. The molecule has 0 spiro atoms. The number of benzene rings is 2. The highest BCUT2D eigenvalue weighted by Gasteiger charge is 2.07. The van der Waals surface area contributed by atoms with E-state index in [2.05, 4.69) is 20.8 Å². The third-order valence-electron chi connectivity index (χ3n) is 3.37. The van der Waals surface area contributed by atoms with Crippen LogP contribution in [-0.4, -0.2) is 23.2 Å². The quantitative estimate of drug-likeness (QED) is 0.743. The van der Waals surface area contributed by atoms with E-state index in [1.54, 1.807) is 55.6 Å². The number of halogens is 1. The normalized spacial score (nSPS) is 10.2. The Bertz CT molecular complexity index is 850. The Morgan fingerprint density at radius 1 is 0.920 bits per heavy atom. The van der Waals surface area contributed by atoms with Gasteiger partial charge < -0.3 is 15.4 Å². The maximum Gasteiger partial charge on any atom is 0.256 e. The summed E-state index contributed by atoms with van der Waals surface area (Å²) in [7, 11) is 1.56. The van der Waals surface area contributed by atoms with Crippen LogP contribution in [0.4, 0.5) is 21.7 Å². The minimum Gasteiger partial charge on any atom is -0.497 e. The molecule has 6 nitrogen and oxygen atoms in total. The first-order valence-electron chi connectivity index (χ1n) is 7.46. The Morgan fingerprint density at radius 2 is 1.56 bits per heavy atom. The van der Waals surface area contributed by atoms with Gasteiger partial charge in [0.1, 0.15) is 11.6 Å². The summed E-state index contributed by atoms with van der Waals surface area (Å²) in [5.74, 6) is 0.872. The smallest absolute Gasteiger partial charge is 0.256 e. The Balaban J connectivity index is 1.63. The van der Waals surface area contributed by atoms with Crippen molar-refractivity contribution in [2.45, 2.75) is 0 Å². The number of anilines is 3. The van der Waals surface area contributed by atoms with Crippen LogP contribution in [0.3, 0.4) is 0 Å². The maximum absolute atomic E-state index is 12.9. The van der Waals surface area contributed by atoms with E-state index >= 15 is 0 Å². The zero-order valence-corrected chi connectivity index (χ0v) is 13.4. The summed E-state index contributed by atoms with van der Waals surface area (Å²) in [6, 6.07) is 15.9. The van der Waals surface area contributed by atoms with Gasteiger partial charge in [0.05, 0.1) is 7.11 Å². The lowest BCUT2D eigenvalue weighted by molar-refractivity contribution is 0.102. The lowest BCUT2D eigenvalue weighted by atomic mass is 10.2. The molecule has 0 aliphatic rings. The number of nitrogens with one attached hydrogen (secondary N) is 2. The molecule has 3 rings (SSSR count). The van der Waals surface area contributed by atoms with Crippen LogP contribution in [0.5, 0.6) is 5.75 Å². The van der Waals surface area contributed by atoms with Crippen molar-refractivity contribution in [3.8, 4) is 5.75 Å². The molecule has 0 saturated heterocycles. The van der Waals surface area contributed by atoms with Gasteiger partial charge in [-0.3, -0.25) is 4.79 Å². The number of ether oxygens (including phenoxy) is 1. The summed E-state index contributed by atoms with van der Waals surface area (Å²) in [6.45, 7) is 0. The molecular formula is C18H15FN4O2. The third-order valence-corrected chi connectivity index (χ3v) is 3.37. The number of hydrogen-bond donors (Lipinski definition) is 2. The number of nitrogens with zero attached hydrogens (tertiary/aromatic N) is 2. The number of aromatic nitrogens is 2. The SMILES string of the molecule is COc1ccc(C(=O)Nc2ccc(Nc3ccc(F)cc3)nn2)cc1. The van der Waals surface area contributed by atoms with Gasteiger partial charge in [-0.05, 0) is 60.7 Å². The second-order valence-electron chi connectivity index (χ2n) is 5.12. The number of carbonyl (C=O) groups is 1. The summed E-state index contributed by atoms with van der Waals surface area (Å²) in [5.41, 5.74) is 1.17. The van der Waals surface area contributed by atoms with Crippen LogP contribution in [0.25, 0.3) is 0 Å². The van der Waals surface area contributed by atoms with E-state index in [1.165, 1.54) is 12.1 Å². The first-order valence-corrected chi connectivity index (χ1v) is 7.46. The number of carbonyl (C=O) groups excluding carboxylic acids is 1. The summed E-state index contributed by atoms with van der Waals surface area (Å²) >= 11 is 0. The number of methoxy groups -OCH3 is 1. The first-order chi connectivity index (χ1) is 12.1. The van der Waals surface area contributed by atoms with Crippen molar-refractivity contribution < 1.29 is 13.9 Å². The molecule has 3 aromatic rings. The van der Waals surface area contributed by atoms with E-state index in [9.17, 15) is 9.18 Å². The second kappa shape index (κ2) is 7.39. The van der Waals surface area contributed by atoms with Crippen LogP contribution in [0.1, 0.15) is 10.4 Å². The number of amides is 1. The fourth-order valence-electron chi connectivity index (χ4n) is 2.08. The monoisotopic (exact) mass is 338 g/mol. The van der Waals surface area contributed by atoms with Crippen molar-refractivity contribution in [1.29, 1.82) is 0 Å². The number of rotatable bonds is 5. The van der Waals surface area contributed by atoms with Crippen LogP contribution in [0.2, 0.25) is 0 Å². The molecule has 1 amide bonds. The van der Waals surface area contributed by atoms with E-state index in [0.717, 1.165) is 0 Å². The van der Waals surface area contributed by atoms with Gasteiger partial charge in [-0.25, -0.2) is 4.39 Å². The Labute approximate surface area is 143 Å². The molecule has 1 heterocycles. The molecule has 0 atom stereocenters. The van der Waals surface area contributed by atoms with Gasteiger partial charge in [-0.15, -0.1) is 10.2 Å². The van der Waals surface area contributed by atoms with Crippen molar-refractivity contribution >= 4 is 23.2 Å². The second-order valence-corrected chi connectivity index (χ2v) is 5.12. The molecule has 0 bridgehead atoms. The van der Waals surface area contributed by atoms with Crippen LogP contribution >= 0.6 is 0 Å². The molecule has 126 valence electrons. The van der Waals surface area contributed by atoms with Crippen LogP contribution in [0.15, 0.2) is 60.7 Å². The fraction of sp³-hybridized carbons (Fsp3) is 0.0556. The summed E-state index contributed by atoms with van der Waals surface area (Å²) in [6.07, 6.45) is 0. The van der Waals surface area contributed by atoms with Crippen molar-refractivity contribution in [2.24, 2.45) is 0 Å². The zero-order chi connectivity index (χ0) is 17.6. The van der Waals surface area contributed by atoms with Crippen LogP contribution < -0.4 is 15.4 Å². The lowest BCUT2D eigenvalue weighted by Crippen LogP contribution is -2.13. The van der Waals surface area contributed by atoms with Gasteiger partial charge in [0.2, 0.25) is 0 Å². The molecule has 0 aliphatic carbocycles. The lowest BCUT2D eigenvalue weighted by Gasteiger charge is -2.07. The summed E-state index contributed by atoms with van der Waals surface area (Å²) in [5, 5.41) is 13.6. The van der Waals surface area contributed by atoms with E-state index < -0.39 is 0 Å². The van der Waals surface area contributed by atoms with Crippen molar-refractivity contribution in [1.82, 2.24) is 10.2 Å². The maximum atomic E-state index is 12.9. The van der Waals surface area contributed by atoms with Gasteiger partial charge >= 0.3 is 0 Å². The Kier molecular flexibility index (Phi) is 4.84. The van der Waals surface area contributed by atoms with E-state index in [0.29, 0.717) is 28.6 Å². The average Bonchev–Trinajstić information content (AvgIpc) is 2.65. The van der Waals surface area contributed by atoms with E-state index in [1.807, 2.05) is 0 Å². The van der Waals surface area contributed by atoms with Gasteiger partial charge in [-0.2, -0.15) is 0 Å². The molecule has 0 saturated carbocycles. The van der Waals surface area contributed by atoms with Gasteiger partial charge in [-0.1, -0.05) is 0 Å². The average molecular weight is 338 g/mol. The highest BCUT2D eigenvalue weighted by atomic mass is 19.1. The Morgan fingerprint density at radius 3 is 2.16 bits per heavy atom. The van der Waals surface area contributed by atoms with Gasteiger partial charge in [0.15, 0.2) is 11.6 Å². The Hall–Kier alpha value is -3.48. The molecule has 0 radical (unpaired) electrons. The van der Waals surface area contributed by atoms with Gasteiger partial charge in [0, 0.05) is 11.3 Å². The number of hydrogen-bond acceptors (Lipinski definition) is 5. The largest absolute Gasteiger partial charge is 0.497 e. The molecule has 25 heavy (non-hydrogen) atoms.